The molecule has 1 amide bonds. The van der Waals surface area contributed by atoms with E-state index in [1.165, 1.54) is 35.7 Å². The Kier molecular flexibility index (Phi) is 5.63. The molecule has 0 saturated heterocycles. The molecule has 0 spiro atoms. The minimum absolute atomic E-state index is 0.0182. The van der Waals surface area contributed by atoms with E-state index >= 15 is 0 Å². The van der Waals surface area contributed by atoms with Gasteiger partial charge >= 0.3 is 0 Å². The molecule has 4 rings (SSSR count). The summed E-state index contributed by atoms with van der Waals surface area (Å²) in [4.78, 5) is 16.4. The minimum Gasteiger partial charge on any atom is -0.485 e. The first-order valence-electron chi connectivity index (χ1n) is 10.3. The van der Waals surface area contributed by atoms with Crippen molar-refractivity contribution in [3.8, 4) is 5.75 Å². The maximum absolute atomic E-state index is 13.4. The zero-order chi connectivity index (χ0) is 24.0. The Balaban J connectivity index is 1.89. The van der Waals surface area contributed by atoms with Gasteiger partial charge in [-0.2, -0.15) is 0 Å². The fourth-order valence-corrected chi connectivity index (χ4v) is 5.27. The van der Waals surface area contributed by atoms with Crippen molar-refractivity contribution in [1.29, 1.82) is 0 Å². The number of amides is 1. The number of carbonyl (C=O) groups is 1. The summed E-state index contributed by atoms with van der Waals surface area (Å²) in [7, 11) is -2.45. The van der Waals surface area contributed by atoms with E-state index in [1.54, 1.807) is 56.3 Å². The number of aliphatic hydroxyl groups excluding tert-OH is 1. The smallest absolute Gasteiger partial charge is 0.264 e. The van der Waals surface area contributed by atoms with Crippen LogP contribution in [0.3, 0.4) is 0 Å². The Morgan fingerprint density at radius 1 is 1.12 bits per heavy atom. The number of sulfonamides is 1. The summed E-state index contributed by atoms with van der Waals surface area (Å²) >= 11 is 0. The highest BCUT2D eigenvalue weighted by Gasteiger charge is 2.45. The maximum Gasteiger partial charge on any atom is 0.264 e. The third-order valence-electron chi connectivity index (χ3n) is 5.89. The van der Waals surface area contributed by atoms with Crippen molar-refractivity contribution in [2.45, 2.75) is 36.4 Å². The number of rotatable bonds is 5. The number of primary amides is 1. The van der Waals surface area contributed by atoms with Crippen molar-refractivity contribution >= 4 is 21.6 Å². The van der Waals surface area contributed by atoms with Crippen LogP contribution in [0.4, 0.5) is 5.69 Å². The summed E-state index contributed by atoms with van der Waals surface area (Å²) in [6.07, 6.45) is 0.378. The second-order valence-electron chi connectivity index (χ2n) is 8.44. The minimum atomic E-state index is -3.92. The lowest BCUT2D eigenvalue weighted by Gasteiger charge is -2.42. The number of aliphatic hydroxyl groups is 1. The van der Waals surface area contributed by atoms with Crippen LogP contribution < -0.4 is 14.8 Å². The van der Waals surface area contributed by atoms with Gasteiger partial charge in [-0.25, -0.2) is 8.42 Å². The van der Waals surface area contributed by atoms with Gasteiger partial charge in [0.1, 0.15) is 17.5 Å². The number of nitrogens with two attached hydrogens (primary N) is 1. The van der Waals surface area contributed by atoms with Gasteiger partial charge < -0.3 is 15.6 Å². The molecule has 0 bridgehead atoms. The SMILES string of the molecule is CN(c1ccccc1)S(=O)(=O)c1ccc2c(c1)[C@@H](c1ncccc1C(N)=O)[C@H](O)C(C)(C)O2. The quantitative estimate of drug-likeness (QED) is 0.595. The number of nitrogens with zero attached hydrogens (tertiary/aromatic N) is 2. The summed E-state index contributed by atoms with van der Waals surface area (Å²) < 4.78 is 33.9. The molecule has 172 valence electrons. The molecule has 0 radical (unpaired) electrons. The molecule has 1 aromatic heterocycles. The van der Waals surface area contributed by atoms with Gasteiger partial charge in [-0.1, -0.05) is 18.2 Å². The Morgan fingerprint density at radius 2 is 1.82 bits per heavy atom. The monoisotopic (exact) mass is 467 g/mol. The zero-order valence-corrected chi connectivity index (χ0v) is 19.3. The molecule has 3 N–H and O–H groups in total. The van der Waals surface area contributed by atoms with Crippen molar-refractivity contribution < 1.29 is 23.1 Å². The zero-order valence-electron chi connectivity index (χ0n) is 18.5. The van der Waals surface area contributed by atoms with Gasteiger partial charge in [-0.3, -0.25) is 14.1 Å². The molecular weight excluding hydrogens is 442 g/mol. The van der Waals surface area contributed by atoms with Crippen LogP contribution in [0.1, 0.15) is 41.4 Å². The summed E-state index contributed by atoms with van der Waals surface area (Å²) in [5.74, 6) is -1.12. The molecule has 0 fully saturated rings. The second kappa shape index (κ2) is 8.17. The van der Waals surface area contributed by atoms with Crippen LogP contribution >= 0.6 is 0 Å². The molecule has 1 aliphatic rings. The lowest BCUT2D eigenvalue weighted by molar-refractivity contribution is -0.0519. The molecule has 0 unspecified atom stereocenters. The molecule has 8 nitrogen and oxygen atoms in total. The molecule has 33 heavy (non-hydrogen) atoms. The third kappa shape index (κ3) is 3.94. The second-order valence-corrected chi connectivity index (χ2v) is 10.4. The standard InChI is InChI=1S/C24H25N3O5S/c1-24(2)22(28)20(21-17(23(25)29)10-7-13-26-21)18-14-16(11-12-19(18)32-24)33(30,31)27(3)15-8-5-4-6-9-15/h4-14,20,22,28H,1-3H3,(H2,25,29)/t20-,22-/m0/s1. The van der Waals surface area contributed by atoms with Gasteiger partial charge in [0, 0.05) is 18.8 Å². The predicted molar refractivity (Wildman–Crippen MR) is 124 cm³/mol. The Hall–Kier alpha value is -3.43. The van der Waals surface area contributed by atoms with Crippen molar-refractivity contribution in [3.05, 3.63) is 83.7 Å². The highest BCUT2D eigenvalue weighted by atomic mass is 32.2. The van der Waals surface area contributed by atoms with Gasteiger partial charge in [0.25, 0.3) is 15.9 Å². The molecule has 2 heterocycles. The largest absolute Gasteiger partial charge is 0.485 e. The van der Waals surface area contributed by atoms with E-state index in [4.69, 9.17) is 10.5 Å². The van der Waals surface area contributed by atoms with Crippen LogP contribution in [0.2, 0.25) is 0 Å². The molecule has 2 aromatic carbocycles. The number of ether oxygens (including phenoxy) is 1. The normalized spacial score (nSPS) is 19.3. The van der Waals surface area contributed by atoms with Crippen LogP contribution in [0.15, 0.2) is 71.8 Å². The number of pyridine rings is 1. The highest BCUT2D eigenvalue weighted by molar-refractivity contribution is 7.92. The number of carbonyl (C=O) groups excluding carboxylic acids is 1. The van der Waals surface area contributed by atoms with Gasteiger partial charge in [0.05, 0.1) is 27.8 Å². The van der Waals surface area contributed by atoms with Crippen LogP contribution in [0.25, 0.3) is 0 Å². The van der Waals surface area contributed by atoms with E-state index < -0.39 is 33.6 Å². The lowest BCUT2D eigenvalue weighted by atomic mass is 9.78. The van der Waals surface area contributed by atoms with Crippen molar-refractivity contribution in [2.24, 2.45) is 5.73 Å². The number of hydrogen-bond donors (Lipinski definition) is 2. The molecule has 0 aliphatic carbocycles. The average molecular weight is 468 g/mol. The summed E-state index contributed by atoms with van der Waals surface area (Å²) in [6, 6.07) is 16.3. The molecule has 9 heteroatoms. The molecular formula is C24H25N3O5S. The topological polar surface area (TPSA) is 123 Å². The average Bonchev–Trinajstić information content (AvgIpc) is 2.79. The predicted octanol–water partition coefficient (Wildman–Crippen LogP) is 2.67. The van der Waals surface area contributed by atoms with E-state index in [2.05, 4.69) is 4.98 Å². The van der Waals surface area contributed by atoms with Gasteiger partial charge in [0.2, 0.25) is 0 Å². The first-order valence-corrected chi connectivity index (χ1v) is 11.8. The van der Waals surface area contributed by atoms with Crippen LogP contribution in [-0.2, 0) is 10.0 Å². The number of benzene rings is 2. The van der Waals surface area contributed by atoms with Crippen molar-refractivity contribution in [3.63, 3.8) is 0 Å². The Bertz CT molecular complexity index is 1310. The van der Waals surface area contributed by atoms with Gasteiger partial charge in [-0.15, -0.1) is 0 Å². The fraction of sp³-hybridized carbons (Fsp3) is 0.250. The number of hydrogen-bond acceptors (Lipinski definition) is 6. The molecule has 3 aromatic rings. The summed E-state index contributed by atoms with van der Waals surface area (Å²) in [6.45, 7) is 3.43. The number of anilines is 1. The van der Waals surface area contributed by atoms with Crippen LogP contribution in [0, 0.1) is 0 Å². The number of fused-ring (bicyclic) bond motifs is 1. The summed E-state index contributed by atoms with van der Waals surface area (Å²) in [5, 5.41) is 11.2. The van der Waals surface area contributed by atoms with Crippen LogP contribution in [-0.4, -0.2) is 43.2 Å². The lowest BCUT2D eigenvalue weighted by Crippen LogP contribution is -2.49. The van der Waals surface area contributed by atoms with E-state index in [9.17, 15) is 18.3 Å². The summed E-state index contributed by atoms with van der Waals surface area (Å²) in [5.41, 5.74) is 5.87. The van der Waals surface area contributed by atoms with Gasteiger partial charge in [-0.05, 0) is 56.3 Å². The van der Waals surface area contributed by atoms with Gasteiger partial charge in [0.15, 0.2) is 0 Å². The highest BCUT2D eigenvalue weighted by Crippen LogP contribution is 2.45. The van der Waals surface area contributed by atoms with E-state index in [1.807, 2.05) is 0 Å². The maximum atomic E-state index is 13.4. The third-order valence-corrected chi connectivity index (χ3v) is 7.68. The Morgan fingerprint density at radius 3 is 2.48 bits per heavy atom. The molecule has 0 saturated carbocycles. The Labute approximate surface area is 192 Å². The van der Waals surface area contributed by atoms with Crippen LogP contribution in [0.5, 0.6) is 5.75 Å². The fourth-order valence-electron chi connectivity index (χ4n) is 4.04. The van der Waals surface area contributed by atoms with Crippen molar-refractivity contribution in [1.82, 2.24) is 4.98 Å². The first kappa shape index (κ1) is 22.8. The number of aromatic nitrogens is 1. The van der Waals surface area contributed by atoms with E-state index in [-0.39, 0.29) is 16.2 Å². The molecule has 2 atom stereocenters. The molecule has 1 aliphatic heterocycles. The first-order chi connectivity index (χ1) is 15.5. The van der Waals surface area contributed by atoms with E-state index in [0.29, 0.717) is 17.0 Å². The van der Waals surface area contributed by atoms with E-state index in [0.717, 1.165) is 0 Å². The number of para-hydroxylation sites is 1. The van der Waals surface area contributed by atoms with Crippen molar-refractivity contribution in [2.75, 3.05) is 11.4 Å².